The van der Waals surface area contributed by atoms with Gasteiger partial charge in [-0.25, -0.2) is 9.78 Å². The van der Waals surface area contributed by atoms with Crippen molar-refractivity contribution in [3.05, 3.63) is 17.7 Å². The first kappa shape index (κ1) is 12.5. The monoisotopic (exact) mass is 299 g/mol. The second-order valence-electron chi connectivity index (χ2n) is 4.95. The predicted octanol–water partition coefficient (Wildman–Crippen LogP) is 2.15. The van der Waals surface area contributed by atoms with Gasteiger partial charge in [-0.2, -0.15) is 0 Å². The number of nitrogens with zero attached hydrogens (tertiary/aromatic N) is 2. The Hall–Kier alpha value is -2.26. The summed E-state index contributed by atoms with van der Waals surface area (Å²) in [7, 11) is 0. The van der Waals surface area contributed by atoms with E-state index in [1.807, 2.05) is 12.1 Å². The van der Waals surface area contributed by atoms with Crippen molar-refractivity contribution in [2.75, 3.05) is 18.1 Å². The number of urea groups is 1. The van der Waals surface area contributed by atoms with Crippen LogP contribution in [0.3, 0.4) is 0 Å². The van der Waals surface area contributed by atoms with Crippen molar-refractivity contribution in [3.63, 3.8) is 0 Å². The van der Waals surface area contributed by atoms with E-state index in [0.29, 0.717) is 18.3 Å². The third kappa shape index (κ3) is 1.85. The van der Waals surface area contributed by atoms with Crippen LogP contribution in [-0.4, -0.2) is 30.2 Å². The summed E-state index contributed by atoms with van der Waals surface area (Å²) in [4.78, 5) is 18.4. The van der Waals surface area contributed by atoms with Crippen LogP contribution in [0.1, 0.15) is 12.5 Å². The second-order valence-corrected chi connectivity index (χ2v) is 5.96. The highest BCUT2D eigenvalue weighted by Crippen LogP contribution is 2.38. The molecular formula is C15H13N3O2S. The zero-order valence-corrected chi connectivity index (χ0v) is 12.3. The van der Waals surface area contributed by atoms with Crippen LogP contribution in [0.15, 0.2) is 12.1 Å². The van der Waals surface area contributed by atoms with Crippen LogP contribution in [0.4, 0.5) is 9.93 Å². The fourth-order valence-electron chi connectivity index (χ4n) is 2.77. The fraction of sp³-hybridized carbons (Fsp3) is 0.333. The highest BCUT2D eigenvalue weighted by Gasteiger charge is 2.33. The number of hydrogen-bond donors (Lipinski definition) is 1. The molecule has 2 aliphatic heterocycles. The lowest BCUT2D eigenvalue weighted by Gasteiger charge is -2.14. The van der Waals surface area contributed by atoms with Crippen molar-refractivity contribution in [1.29, 1.82) is 0 Å². The van der Waals surface area contributed by atoms with Gasteiger partial charge in [-0.05, 0) is 19.1 Å². The van der Waals surface area contributed by atoms with Crippen molar-refractivity contribution < 1.29 is 9.53 Å². The number of nitrogens with one attached hydrogen (secondary N) is 1. The van der Waals surface area contributed by atoms with Gasteiger partial charge in [0.1, 0.15) is 11.8 Å². The summed E-state index contributed by atoms with van der Waals surface area (Å²) < 4.78 is 6.65. The van der Waals surface area contributed by atoms with E-state index in [-0.39, 0.29) is 12.1 Å². The van der Waals surface area contributed by atoms with E-state index >= 15 is 0 Å². The molecule has 5 nitrogen and oxygen atoms in total. The molecule has 3 heterocycles. The molecule has 6 heteroatoms. The molecule has 106 valence electrons. The minimum absolute atomic E-state index is 0.130. The van der Waals surface area contributed by atoms with E-state index in [2.05, 4.69) is 22.1 Å². The Morgan fingerprint density at radius 2 is 2.43 bits per heavy atom. The average Bonchev–Trinajstić information content (AvgIpc) is 3.15. The molecule has 1 saturated heterocycles. The maximum Gasteiger partial charge on any atom is 0.324 e. The Bertz CT molecular complexity index is 802. The topological polar surface area (TPSA) is 54.5 Å². The number of hydrogen-bond acceptors (Lipinski definition) is 4. The molecule has 0 bridgehead atoms. The average molecular weight is 299 g/mol. The SMILES string of the molecule is CC#C[C@@H]1CNC(=O)N1c1nc2c3c(ccc2s1)OCC3. The molecule has 0 radical (unpaired) electrons. The van der Waals surface area contributed by atoms with Crippen molar-refractivity contribution in [3.8, 4) is 17.6 Å². The van der Waals surface area contributed by atoms with E-state index in [1.165, 1.54) is 11.3 Å². The molecule has 4 rings (SSSR count). The van der Waals surface area contributed by atoms with Crippen molar-refractivity contribution in [2.24, 2.45) is 0 Å². The van der Waals surface area contributed by atoms with E-state index in [4.69, 9.17) is 4.74 Å². The maximum atomic E-state index is 12.1. The predicted molar refractivity (Wildman–Crippen MR) is 81.9 cm³/mol. The molecule has 0 spiro atoms. The van der Waals surface area contributed by atoms with Crippen molar-refractivity contribution in [2.45, 2.75) is 19.4 Å². The van der Waals surface area contributed by atoms with Crippen LogP contribution < -0.4 is 15.0 Å². The number of aromatic nitrogens is 1. The van der Waals surface area contributed by atoms with Gasteiger partial charge in [0.2, 0.25) is 0 Å². The van der Waals surface area contributed by atoms with E-state index in [1.54, 1.807) is 11.8 Å². The third-order valence-corrected chi connectivity index (χ3v) is 4.74. The lowest BCUT2D eigenvalue weighted by Crippen LogP contribution is -2.33. The minimum Gasteiger partial charge on any atom is -0.493 e. The Balaban J connectivity index is 1.83. The van der Waals surface area contributed by atoms with Crippen LogP contribution in [0, 0.1) is 11.8 Å². The standard InChI is InChI=1S/C15H13N3O2S/c1-2-3-9-8-16-14(19)18(9)15-17-13-10-6-7-20-11(10)4-5-12(13)21-15/h4-5,9H,6-8H2,1H3,(H,16,19)/t9-/m1/s1. The molecule has 2 aromatic rings. The van der Waals surface area contributed by atoms with Gasteiger partial charge in [-0.3, -0.25) is 4.90 Å². The summed E-state index contributed by atoms with van der Waals surface area (Å²) in [6, 6.07) is 3.72. The van der Waals surface area contributed by atoms with Gasteiger partial charge in [-0.15, -0.1) is 5.92 Å². The molecule has 1 aromatic heterocycles. The van der Waals surface area contributed by atoms with Gasteiger partial charge in [0.15, 0.2) is 5.13 Å². The summed E-state index contributed by atoms with van der Waals surface area (Å²) in [5.41, 5.74) is 2.10. The van der Waals surface area contributed by atoms with Gasteiger partial charge in [0.25, 0.3) is 0 Å². The minimum atomic E-state index is -0.146. The Labute approximate surface area is 125 Å². The summed E-state index contributed by atoms with van der Waals surface area (Å²) in [5.74, 6) is 6.85. The number of carbonyl (C=O) groups excluding carboxylic acids is 1. The summed E-state index contributed by atoms with van der Waals surface area (Å²) in [6.07, 6.45) is 0.875. The lowest BCUT2D eigenvalue weighted by atomic mass is 10.1. The molecular weight excluding hydrogens is 286 g/mol. The van der Waals surface area contributed by atoms with Crippen LogP contribution in [0.2, 0.25) is 0 Å². The number of fused-ring (bicyclic) bond motifs is 3. The first-order valence-electron chi connectivity index (χ1n) is 6.82. The summed E-state index contributed by atoms with van der Waals surface area (Å²) in [6.45, 7) is 3.02. The molecule has 2 amide bonds. The maximum absolute atomic E-state index is 12.1. The summed E-state index contributed by atoms with van der Waals surface area (Å²) in [5, 5.41) is 3.53. The number of carbonyl (C=O) groups is 1. The van der Waals surface area contributed by atoms with Gasteiger partial charge < -0.3 is 10.1 Å². The third-order valence-electron chi connectivity index (χ3n) is 3.72. The Kier molecular flexibility index (Phi) is 2.76. The van der Waals surface area contributed by atoms with Gasteiger partial charge in [0.05, 0.1) is 23.4 Å². The van der Waals surface area contributed by atoms with Crippen LogP contribution in [0.25, 0.3) is 10.2 Å². The molecule has 21 heavy (non-hydrogen) atoms. The van der Waals surface area contributed by atoms with Gasteiger partial charge in [-0.1, -0.05) is 17.3 Å². The van der Waals surface area contributed by atoms with Crippen molar-refractivity contribution >= 4 is 32.7 Å². The molecule has 1 N–H and O–H groups in total. The summed E-state index contributed by atoms with van der Waals surface area (Å²) >= 11 is 1.52. The molecule has 0 aliphatic carbocycles. The molecule has 0 unspecified atom stereocenters. The smallest absolute Gasteiger partial charge is 0.324 e. The zero-order valence-electron chi connectivity index (χ0n) is 11.5. The van der Waals surface area contributed by atoms with Crippen LogP contribution >= 0.6 is 11.3 Å². The van der Waals surface area contributed by atoms with E-state index < -0.39 is 0 Å². The highest BCUT2D eigenvalue weighted by atomic mass is 32.1. The first-order chi connectivity index (χ1) is 10.3. The molecule has 2 aliphatic rings. The largest absolute Gasteiger partial charge is 0.493 e. The number of thiazole rings is 1. The van der Waals surface area contributed by atoms with Crippen LogP contribution in [-0.2, 0) is 6.42 Å². The van der Waals surface area contributed by atoms with E-state index in [9.17, 15) is 4.79 Å². The molecule has 1 atom stereocenters. The highest BCUT2D eigenvalue weighted by molar-refractivity contribution is 7.22. The zero-order chi connectivity index (χ0) is 14.4. The quantitative estimate of drug-likeness (QED) is 0.821. The number of benzene rings is 1. The number of anilines is 1. The number of amides is 2. The normalized spacial score (nSPS) is 20.0. The molecule has 1 fully saturated rings. The Morgan fingerprint density at radius 3 is 3.29 bits per heavy atom. The van der Waals surface area contributed by atoms with Crippen LogP contribution in [0.5, 0.6) is 5.75 Å². The second kappa shape index (κ2) is 4.64. The molecule has 0 saturated carbocycles. The molecule has 1 aromatic carbocycles. The first-order valence-corrected chi connectivity index (χ1v) is 7.64. The van der Waals surface area contributed by atoms with Crippen molar-refractivity contribution in [1.82, 2.24) is 10.3 Å². The lowest BCUT2D eigenvalue weighted by molar-refractivity contribution is 0.252. The fourth-order valence-corrected chi connectivity index (χ4v) is 3.81. The Morgan fingerprint density at radius 1 is 1.52 bits per heavy atom. The van der Waals surface area contributed by atoms with Gasteiger partial charge in [0, 0.05) is 12.0 Å². The number of rotatable bonds is 1. The van der Waals surface area contributed by atoms with E-state index in [0.717, 1.165) is 28.0 Å². The number of ether oxygens (including phenoxy) is 1. The van der Waals surface area contributed by atoms with Gasteiger partial charge >= 0.3 is 6.03 Å².